The molecule has 1 aromatic rings. The molecule has 0 spiro atoms. The molecule has 0 bridgehead atoms. The predicted octanol–water partition coefficient (Wildman–Crippen LogP) is 1.51. The average Bonchev–Trinajstić information content (AvgIpc) is 2.41. The Morgan fingerprint density at radius 1 is 1.21 bits per heavy atom. The van der Waals surface area contributed by atoms with Crippen molar-refractivity contribution in [2.24, 2.45) is 11.3 Å². The van der Waals surface area contributed by atoms with E-state index >= 15 is 0 Å². The van der Waals surface area contributed by atoms with Crippen LogP contribution in [-0.2, 0) is 0 Å². The van der Waals surface area contributed by atoms with Crippen LogP contribution in [-0.4, -0.2) is 27.2 Å². The quantitative estimate of drug-likeness (QED) is 0.487. The lowest BCUT2D eigenvalue weighted by Crippen LogP contribution is -2.42. The van der Waals surface area contributed by atoms with Gasteiger partial charge in [0, 0.05) is 12.6 Å². The Balaban J connectivity index is 1.91. The van der Waals surface area contributed by atoms with E-state index in [0.717, 1.165) is 25.7 Å². The van der Waals surface area contributed by atoms with E-state index in [1.807, 2.05) is 0 Å². The van der Waals surface area contributed by atoms with Crippen molar-refractivity contribution < 1.29 is 5.11 Å². The van der Waals surface area contributed by atoms with Gasteiger partial charge in [0.15, 0.2) is 0 Å². The molecule has 0 aliphatic heterocycles. The van der Waals surface area contributed by atoms with Crippen molar-refractivity contribution in [2.45, 2.75) is 45.1 Å². The number of hydrogen-bond acceptors (Lipinski definition) is 6. The van der Waals surface area contributed by atoms with Crippen LogP contribution in [0.25, 0.3) is 0 Å². The summed E-state index contributed by atoms with van der Waals surface area (Å²) in [6, 6.07) is 1.72. The highest BCUT2D eigenvalue weighted by Gasteiger charge is 2.36. The summed E-state index contributed by atoms with van der Waals surface area (Å²) >= 11 is 0. The lowest BCUT2D eigenvalue weighted by atomic mass is 9.71. The molecular weight excluding hydrogens is 242 g/mol. The first-order valence-electron chi connectivity index (χ1n) is 6.67. The van der Waals surface area contributed by atoms with Crippen LogP contribution in [0.5, 0.6) is 0 Å². The van der Waals surface area contributed by atoms with Gasteiger partial charge < -0.3 is 15.8 Å². The van der Waals surface area contributed by atoms with Crippen LogP contribution >= 0.6 is 0 Å². The van der Waals surface area contributed by atoms with Gasteiger partial charge in [0.1, 0.15) is 18.0 Å². The maximum absolute atomic E-state index is 10.5. The first-order chi connectivity index (χ1) is 8.92. The molecule has 1 fully saturated rings. The van der Waals surface area contributed by atoms with Crippen molar-refractivity contribution in [3.8, 4) is 0 Å². The minimum absolute atomic E-state index is 0.345. The predicted molar refractivity (Wildman–Crippen MR) is 75.5 cm³/mol. The van der Waals surface area contributed by atoms with E-state index in [9.17, 15) is 5.11 Å². The normalized spacial score (nSPS) is 20.8. The van der Waals surface area contributed by atoms with Crippen molar-refractivity contribution in [3.63, 3.8) is 0 Å². The van der Waals surface area contributed by atoms with Gasteiger partial charge in [0.2, 0.25) is 0 Å². The fourth-order valence-electron chi connectivity index (χ4n) is 2.36. The van der Waals surface area contributed by atoms with Crippen LogP contribution in [0.15, 0.2) is 12.4 Å². The zero-order chi connectivity index (χ0) is 13.9. The summed E-state index contributed by atoms with van der Waals surface area (Å²) in [6.45, 7) is 5.01. The molecule has 0 aromatic carbocycles. The molecule has 1 saturated carbocycles. The summed E-state index contributed by atoms with van der Waals surface area (Å²) in [6.07, 6.45) is 5.17. The molecule has 5 N–H and O–H groups in total. The fraction of sp³-hybridized carbons (Fsp3) is 0.692. The van der Waals surface area contributed by atoms with Crippen LogP contribution in [0.3, 0.4) is 0 Å². The smallest absolute Gasteiger partial charge is 0.145 e. The number of nitrogens with zero attached hydrogens (tertiary/aromatic N) is 2. The lowest BCUT2D eigenvalue weighted by molar-refractivity contribution is -0.0145. The van der Waals surface area contributed by atoms with Crippen LogP contribution in [0.1, 0.15) is 39.5 Å². The number of aromatic nitrogens is 2. The molecule has 0 atom stereocenters. The number of hydrogen-bond donors (Lipinski definition) is 4. The molecule has 19 heavy (non-hydrogen) atoms. The van der Waals surface area contributed by atoms with Gasteiger partial charge in [0.05, 0.1) is 5.60 Å². The molecule has 0 unspecified atom stereocenters. The second-order valence-corrected chi connectivity index (χ2v) is 6.17. The van der Waals surface area contributed by atoms with E-state index in [1.54, 1.807) is 6.07 Å². The number of anilines is 2. The number of nitrogens with one attached hydrogen (secondary N) is 2. The van der Waals surface area contributed by atoms with Gasteiger partial charge in [-0.25, -0.2) is 15.8 Å². The summed E-state index contributed by atoms with van der Waals surface area (Å²) in [4.78, 5) is 8.04. The summed E-state index contributed by atoms with van der Waals surface area (Å²) in [5.74, 6) is 6.51. The van der Waals surface area contributed by atoms with E-state index in [4.69, 9.17) is 5.84 Å². The second kappa shape index (κ2) is 5.30. The van der Waals surface area contributed by atoms with Gasteiger partial charge in [-0.1, -0.05) is 13.8 Å². The molecule has 0 radical (unpaired) electrons. The first kappa shape index (κ1) is 14.0. The van der Waals surface area contributed by atoms with Crippen LogP contribution in [0.4, 0.5) is 11.6 Å². The number of rotatable bonds is 4. The van der Waals surface area contributed by atoms with Crippen LogP contribution < -0.4 is 16.6 Å². The number of nitrogens with two attached hydrogens (primary N) is 1. The molecule has 1 heterocycles. The largest absolute Gasteiger partial charge is 0.388 e. The second-order valence-electron chi connectivity index (χ2n) is 6.17. The van der Waals surface area contributed by atoms with Crippen LogP contribution in [0.2, 0.25) is 0 Å². The molecular formula is C13H23N5O. The Bertz CT molecular complexity index is 425. The van der Waals surface area contributed by atoms with Gasteiger partial charge in [-0.05, 0) is 31.1 Å². The topological polar surface area (TPSA) is 96.1 Å². The monoisotopic (exact) mass is 265 g/mol. The maximum atomic E-state index is 10.5. The molecule has 0 saturated heterocycles. The highest BCUT2D eigenvalue weighted by Crippen LogP contribution is 2.40. The summed E-state index contributed by atoms with van der Waals surface area (Å²) in [7, 11) is 0. The van der Waals surface area contributed by atoms with Crippen molar-refractivity contribution in [1.82, 2.24) is 9.97 Å². The zero-order valence-corrected chi connectivity index (χ0v) is 11.6. The van der Waals surface area contributed by atoms with Crippen molar-refractivity contribution >= 4 is 11.6 Å². The van der Waals surface area contributed by atoms with Gasteiger partial charge >= 0.3 is 0 Å². The Hall–Kier alpha value is -1.40. The van der Waals surface area contributed by atoms with Crippen molar-refractivity contribution in [2.75, 3.05) is 17.3 Å². The molecule has 1 aromatic heterocycles. The minimum Gasteiger partial charge on any atom is -0.388 e. The zero-order valence-electron chi connectivity index (χ0n) is 11.6. The SMILES string of the molecule is CC1(C)CCC(O)(CNc2cc(NN)ncn2)CC1. The highest BCUT2D eigenvalue weighted by atomic mass is 16.3. The molecule has 0 amide bonds. The molecule has 106 valence electrons. The summed E-state index contributed by atoms with van der Waals surface area (Å²) in [5.41, 5.74) is 2.17. The highest BCUT2D eigenvalue weighted by molar-refractivity contribution is 5.45. The molecule has 1 aliphatic carbocycles. The standard InChI is InChI=1S/C13H23N5O/c1-12(2)3-5-13(19,6-4-12)8-15-10-7-11(18-14)17-9-16-10/h7,9,19H,3-6,8,14H2,1-2H3,(H2,15,16,17,18). The minimum atomic E-state index is -0.642. The molecule has 6 heteroatoms. The lowest BCUT2D eigenvalue weighted by Gasteiger charge is -2.40. The maximum Gasteiger partial charge on any atom is 0.145 e. The van der Waals surface area contributed by atoms with Gasteiger partial charge in [0.25, 0.3) is 0 Å². The fourth-order valence-corrected chi connectivity index (χ4v) is 2.36. The Morgan fingerprint density at radius 3 is 2.47 bits per heavy atom. The molecule has 1 aliphatic rings. The van der Waals surface area contributed by atoms with E-state index in [1.165, 1.54) is 6.33 Å². The van der Waals surface area contributed by atoms with Crippen molar-refractivity contribution in [3.05, 3.63) is 12.4 Å². The average molecular weight is 265 g/mol. The third kappa shape index (κ3) is 3.78. The van der Waals surface area contributed by atoms with Gasteiger partial charge in [-0.2, -0.15) is 0 Å². The molecule has 6 nitrogen and oxygen atoms in total. The van der Waals surface area contributed by atoms with Gasteiger partial charge in [-0.15, -0.1) is 0 Å². The number of aliphatic hydroxyl groups is 1. The van der Waals surface area contributed by atoms with E-state index in [2.05, 4.69) is 34.6 Å². The third-order valence-corrected chi connectivity index (χ3v) is 3.95. The summed E-state index contributed by atoms with van der Waals surface area (Å²) < 4.78 is 0. The van der Waals surface area contributed by atoms with Gasteiger partial charge in [-0.3, -0.25) is 0 Å². The van der Waals surface area contributed by atoms with Crippen LogP contribution in [0, 0.1) is 5.41 Å². The number of nitrogen functional groups attached to an aromatic ring is 1. The summed E-state index contributed by atoms with van der Waals surface area (Å²) in [5, 5.41) is 13.7. The van der Waals surface area contributed by atoms with Crippen molar-refractivity contribution in [1.29, 1.82) is 0 Å². The Morgan fingerprint density at radius 2 is 1.84 bits per heavy atom. The van der Waals surface area contributed by atoms with E-state index in [-0.39, 0.29) is 0 Å². The first-order valence-corrected chi connectivity index (χ1v) is 6.67. The van der Waals surface area contributed by atoms with E-state index in [0.29, 0.717) is 23.6 Å². The Kier molecular flexibility index (Phi) is 3.91. The number of hydrazine groups is 1. The van der Waals surface area contributed by atoms with E-state index < -0.39 is 5.60 Å². The third-order valence-electron chi connectivity index (χ3n) is 3.95. The Labute approximate surface area is 113 Å². The molecule has 2 rings (SSSR count).